The van der Waals surface area contributed by atoms with Crippen LogP contribution in [-0.4, -0.2) is 35.3 Å². The molecule has 0 spiro atoms. The number of nitrogens with one attached hydrogen (secondary N) is 1. The Labute approximate surface area is 122 Å². The number of rotatable bonds is 6. The van der Waals surface area contributed by atoms with E-state index in [0.29, 0.717) is 25.3 Å². The second kappa shape index (κ2) is 7.33. The van der Waals surface area contributed by atoms with E-state index in [1.54, 1.807) is 4.90 Å². The quantitative estimate of drug-likeness (QED) is 0.595. The van der Waals surface area contributed by atoms with E-state index in [1.165, 1.54) is 0 Å². The van der Waals surface area contributed by atoms with E-state index >= 15 is 0 Å². The number of nitrogens with zero attached hydrogens (tertiary/aromatic N) is 1. The van der Waals surface area contributed by atoms with Crippen molar-refractivity contribution in [1.29, 1.82) is 0 Å². The number of piperazine rings is 1. The number of unbranched alkanes of at least 4 members (excludes halogenated alkanes) is 1. The first-order valence-electron chi connectivity index (χ1n) is 7.42. The van der Waals surface area contributed by atoms with Gasteiger partial charge in [-0.15, -0.1) is 12.3 Å². The third-order valence-electron chi connectivity index (χ3n) is 3.56. The van der Waals surface area contributed by atoms with Crippen molar-refractivity contribution in [2.24, 2.45) is 11.8 Å². The molecule has 1 N–H and O–H groups in total. The lowest BCUT2D eigenvalue weighted by Gasteiger charge is -2.41. The molecule has 0 aromatic rings. The number of hydrogen-bond acceptors (Lipinski definition) is 2. The summed E-state index contributed by atoms with van der Waals surface area (Å²) in [5.41, 5.74) is 0. The summed E-state index contributed by atoms with van der Waals surface area (Å²) in [6, 6.07) is -0.757. The van der Waals surface area contributed by atoms with Crippen molar-refractivity contribution >= 4 is 11.8 Å². The number of carbonyl (C=O) groups excluding carboxylic acids is 2. The highest BCUT2D eigenvalue weighted by Gasteiger charge is 2.41. The molecule has 2 unspecified atom stereocenters. The Morgan fingerprint density at radius 1 is 1.30 bits per heavy atom. The molecule has 1 heterocycles. The van der Waals surface area contributed by atoms with Crippen LogP contribution in [0.25, 0.3) is 0 Å². The zero-order valence-electron chi connectivity index (χ0n) is 13.0. The number of amides is 2. The predicted octanol–water partition coefficient (Wildman–Crippen LogP) is 1.80. The van der Waals surface area contributed by atoms with Gasteiger partial charge in [0.05, 0.1) is 0 Å². The molecule has 20 heavy (non-hydrogen) atoms. The van der Waals surface area contributed by atoms with Gasteiger partial charge in [0, 0.05) is 13.0 Å². The van der Waals surface area contributed by atoms with Gasteiger partial charge in [-0.2, -0.15) is 0 Å². The van der Waals surface area contributed by atoms with Crippen molar-refractivity contribution < 1.29 is 9.59 Å². The molecule has 0 aromatic heterocycles. The van der Waals surface area contributed by atoms with Gasteiger partial charge in [-0.3, -0.25) is 9.59 Å². The minimum atomic E-state index is -0.386. The third kappa shape index (κ3) is 4.00. The highest BCUT2D eigenvalue weighted by molar-refractivity contribution is 5.97. The van der Waals surface area contributed by atoms with Gasteiger partial charge in [0.2, 0.25) is 11.8 Å². The fourth-order valence-electron chi connectivity index (χ4n) is 2.69. The minimum Gasteiger partial charge on any atom is -0.342 e. The van der Waals surface area contributed by atoms with E-state index in [2.05, 4.69) is 25.1 Å². The number of hydrogen-bond donors (Lipinski definition) is 1. The molecular formula is C16H26N2O2. The molecule has 0 radical (unpaired) electrons. The van der Waals surface area contributed by atoms with Crippen LogP contribution in [0, 0.1) is 24.2 Å². The molecule has 1 fully saturated rings. The van der Waals surface area contributed by atoms with E-state index in [-0.39, 0.29) is 29.8 Å². The van der Waals surface area contributed by atoms with Crippen LogP contribution >= 0.6 is 0 Å². The van der Waals surface area contributed by atoms with Gasteiger partial charge in [0.25, 0.3) is 0 Å². The first-order chi connectivity index (χ1) is 9.38. The molecule has 1 rings (SSSR count). The lowest BCUT2D eigenvalue weighted by molar-refractivity contribution is -0.151. The highest BCUT2D eigenvalue weighted by Crippen LogP contribution is 2.21. The number of carbonyl (C=O) groups is 2. The molecular weight excluding hydrogens is 252 g/mol. The summed E-state index contributed by atoms with van der Waals surface area (Å²) in [5, 5.41) is 2.88. The van der Waals surface area contributed by atoms with Crippen LogP contribution in [-0.2, 0) is 9.59 Å². The summed E-state index contributed by atoms with van der Waals surface area (Å²) >= 11 is 0. The molecule has 0 aliphatic carbocycles. The lowest BCUT2D eigenvalue weighted by Crippen LogP contribution is -2.65. The Morgan fingerprint density at radius 2 is 1.95 bits per heavy atom. The lowest BCUT2D eigenvalue weighted by atomic mass is 9.93. The van der Waals surface area contributed by atoms with Crippen LogP contribution in [0.5, 0.6) is 0 Å². The van der Waals surface area contributed by atoms with Crippen LogP contribution < -0.4 is 5.32 Å². The second-order valence-electron chi connectivity index (χ2n) is 6.22. The van der Waals surface area contributed by atoms with Crippen LogP contribution in [0.2, 0.25) is 0 Å². The Balaban J connectivity index is 2.86. The van der Waals surface area contributed by atoms with Crippen molar-refractivity contribution in [2.45, 2.75) is 59.0 Å². The van der Waals surface area contributed by atoms with E-state index in [4.69, 9.17) is 6.42 Å². The largest absolute Gasteiger partial charge is 0.342 e. The first kappa shape index (κ1) is 16.6. The fourth-order valence-corrected chi connectivity index (χ4v) is 2.69. The monoisotopic (exact) mass is 278 g/mol. The van der Waals surface area contributed by atoms with Crippen molar-refractivity contribution in [3.05, 3.63) is 0 Å². The molecule has 0 aromatic carbocycles. The van der Waals surface area contributed by atoms with Crippen LogP contribution in [0.1, 0.15) is 47.0 Å². The Hall–Kier alpha value is -1.50. The maximum atomic E-state index is 12.6. The normalized spacial score (nSPS) is 23.1. The van der Waals surface area contributed by atoms with Gasteiger partial charge >= 0.3 is 0 Å². The van der Waals surface area contributed by atoms with Gasteiger partial charge in [-0.05, 0) is 24.7 Å². The Bertz CT molecular complexity index is 396. The average molecular weight is 278 g/mol. The SMILES string of the molecule is C#CCCCN1C(=O)C(CC(C)C)NC(=O)C1C(C)C. The molecule has 1 aliphatic rings. The van der Waals surface area contributed by atoms with Gasteiger partial charge in [0.15, 0.2) is 0 Å². The molecule has 0 bridgehead atoms. The summed E-state index contributed by atoms with van der Waals surface area (Å²) in [6.45, 7) is 8.60. The van der Waals surface area contributed by atoms with Crippen molar-refractivity contribution in [1.82, 2.24) is 10.2 Å². The third-order valence-corrected chi connectivity index (χ3v) is 3.56. The molecule has 112 valence electrons. The van der Waals surface area contributed by atoms with Gasteiger partial charge in [-0.25, -0.2) is 0 Å². The van der Waals surface area contributed by atoms with Crippen molar-refractivity contribution in [3.8, 4) is 12.3 Å². The van der Waals surface area contributed by atoms with Crippen molar-refractivity contribution in [3.63, 3.8) is 0 Å². The predicted molar refractivity (Wildman–Crippen MR) is 79.8 cm³/mol. The summed E-state index contributed by atoms with van der Waals surface area (Å²) in [7, 11) is 0. The maximum Gasteiger partial charge on any atom is 0.245 e. The molecule has 1 saturated heterocycles. The topological polar surface area (TPSA) is 49.4 Å². The van der Waals surface area contributed by atoms with E-state index in [0.717, 1.165) is 6.42 Å². The van der Waals surface area contributed by atoms with Crippen LogP contribution in [0.15, 0.2) is 0 Å². The highest BCUT2D eigenvalue weighted by atomic mass is 16.2. The molecule has 1 aliphatic heterocycles. The summed E-state index contributed by atoms with van der Waals surface area (Å²) < 4.78 is 0. The molecule has 2 atom stereocenters. The van der Waals surface area contributed by atoms with Gasteiger partial charge in [0.1, 0.15) is 12.1 Å². The summed E-state index contributed by atoms with van der Waals surface area (Å²) in [5.74, 6) is 3.05. The maximum absolute atomic E-state index is 12.6. The fraction of sp³-hybridized carbons (Fsp3) is 0.750. The standard InChI is InChI=1S/C16H26N2O2/c1-6-7-8-9-18-14(12(4)5)15(19)17-13(16(18)20)10-11(2)3/h1,11-14H,7-10H2,2-5H3,(H,17,19). The second-order valence-corrected chi connectivity index (χ2v) is 6.22. The molecule has 0 saturated carbocycles. The number of terminal acetylenes is 1. The summed E-state index contributed by atoms with van der Waals surface area (Å²) in [6.07, 6.45) is 7.32. The molecule has 4 heteroatoms. The zero-order chi connectivity index (χ0) is 15.3. The van der Waals surface area contributed by atoms with Crippen LogP contribution in [0.4, 0.5) is 0 Å². The van der Waals surface area contributed by atoms with Gasteiger partial charge in [-0.1, -0.05) is 27.7 Å². The average Bonchev–Trinajstić information content (AvgIpc) is 2.33. The van der Waals surface area contributed by atoms with E-state index in [1.807, 2.05) is 13.8 Å². The van der Waals surface area contributed by atoms with Gasteiger partial charge < -0.3 is 10.2 Å². The van der Waals surface area contributed by atoms with E-state index < -0.39 is 0 Å². The zero-order valence-corrected chi connectivity index (χ0v) is 13.0. The smallest absolute Gasteiger partial charge is 0.245 e. The first-order valence-corrected chi connectivity index (χ1v) is 7.42. The van der Waals surface area contributed by atoms with E-state index in [9.17, 15) is 9.59 Å². The summed E-state index contributed by atoms with van der Waals surface area (Å²) in [4.78, 5) is 26.6. The molecule has 2 amide bonds. The van der Waals surface area contributed by atoms with Crippen molar-refractivity contribution in [2.75, 3.05) is 6.54 Å². The molecule has 4 nitrogen and oxygen atoms in total. The Kier molecular flexibility index (Phi) is 6.06. The minimum absolute atomic E-state index is 0.0361. The van der Waals surface area contributed by atoms with Crippen LogP contribution in [0.3, 0.4) is 0 Å². The Morgan fingerprint density at radius 3 is 2.45 bits per heavy atom.